The van der Waals surface area contributed by atoms with E-state index in [9.17, 15) is 19.5 Å². The van der Waals surface area contributed by atoms with Crippen molar-refractivity contribution in [2.24, 2.45) is 0 Å². The summed E-state index contributed by atoms with van der Waals surface area (Å²) in [5.41, 5.74) is -1.02. The van der Waals surface area contributed by atoms with Crippen LogP contribution in [0.1, 0.15) is 31.1 Å². The van der Waals surface area contributed by atoms with Crippen LogP contribution in [0.4, 0.5) is 0 Å². The average molecular weight is 398 g/mol. The van der Waals surface area contributed by atoms with Crippen molar-refractivity contribution in [3.05, 3.63) is 56.4 Å². The van der Waals surface area contributed by atoms with Gasteiger partial charge in [0.1, 0.15) is 17.7 Å². The highest BCUT2D eigenvalue weighted by molar-refractivity contribution is 6.42. The van der Waals surface area contributed by atoms with Crippen molar-refractivity contribution >= 4 is 35.1 Å². The van der Waals surface area contributed by atoms with Gasteiger partial charge in [0.25, 0.3) is 5.56 Å². The molecule has 1 aromatic carbocycles. The van der Waals surface area contributed by atoms with Gasteiger partial charge in [-0.2, -0.15) is 0 Å². The zero-order valence-corrected chi connectivity index (χ0v) is 15.9. The first-order valence-corrected chi connectivity index (χ1v) is 8.38. The second-order valence-electron chi connectivity index (χ2n) is 6.60. The van der Waals surface area contributed by atoms with Crippen LogP contribution >= 0.6 is 23.2 Å². The molecular weight excluding hydrogens is 381 g/mol. The molecule has 0 atom stereocenters. The molecule has 1 N–H and O–H groups in total. The molecule has 0 aliphatic rings. The van der Waals surface area contributed by atoms with Gasteiger partial charge in [-0.25, -0.2) is 4.79 Å². The number of aromatic nitrogens is 1. The van der Waals surface area contributed by atoms with Crippen molar-refractivity contribution in [1.29, 1.82) is 0 Å². The first kappa shape index (κ1) is 20.0. The lowest BCUT2D eigenvalue weighted by Crippen LogP contribution is -2.32. The molecule has 0 radical (unpaired) electrons. The van der Waals surface area contributed by atoms with Crippen molar-refractivity contribution in [2.75, 3.05) is 0 Å². The fourth-order valence-electron chi connectivity index (χ4n) is 2.25. The first-order valence-electron chi connectivity index (χ1n) is 7.63. The molecule has 0 amide bonds. The fourth-order valence-corrected chi connectivity index (χ4v) is 2.55. The number of hydrogen-bond acceptors (Lipinski definition) is 4. The molecule has 0 aliphatic heterocycles. The second-order valence-corrected chi connectivity index (χ2v) is 7.41. The molecule has 0 fully saturated rings. The molecule has 26 heavy (non-hydrogen) atoms. The van der Waals surface area contributed by atoms with Gasteiger partial charge in [0.05, 0.1) is 10.0 Å². The summed E-state index contributed by atoms with van der Waals surface area (Å²) in [6.45, 7) is 4.68. The first-order chi connectivity index (χ1) is 12.0. The highest BCUT2D eigenvalue weighted by Crippen LogP contribution is 2.28. The van der Waals surface area contributed by atoms with Gasteiger partial charge in [-0.3, -0.25) is 9.59 Å². The predicted octanol–water partition coefficient (Wildman–Crippen LogP) is 3.86. The van der Waals surface area contributed by atoms with E-state index in [-0.39, 0.29) is 5.02 Å². The molecule has 1 aromatic heterocycles. The van der Waals surface area contributed by atoms with E-state index < -0.39 is 35.2 Å². The van der Waals surface area contributed by atoms with E-state index in [1.54, 1.807) is 39.0 Å². The lowest BCUT2D eigenvalue weighted by molar-refractivity contribution is -0.155. The molecule has 6 nitrogen and oxygen atoms in total. The third kappa shape index (κ3) is 4.86. The number of benzene rings is 1. The van der Waals surface area contributed by atoms with Gasteiger partial charge in [-0.15, -0.1) is 0 Å². The Bertz CT molecular complexity index is 928. The number of carboxylic acid groups (broad SMARTS) is 1. The van der Waals surface area contributed by atoms with E-state index in [0.717, 1.165) is 4.57 Å². The van der Waals surface area contributed by atoms with E-state index in [1.807, 2.05) is 0 Å². The number of halogens is 2. The van der Waals surface area contributed by atoms with Crippen molar-refractivity contribution in [3.63, 3.8) is 0 Å². The Kier molecular flexibility index (Phi) is 5.78. The third-order valence-electron chi connectivity index (χ3n) is 3.29. The van der Waals surface area contributed by atoms with Gasteiger partial charge in [-0.05, 0) is 50.1 Å². The van der Waals surface area contributed by atoms with E-state index in [1.165, 1.54) is 12.3 Å². The molecule has 0 spiro atoms. The second kappa shape index (κ2) is 7.51. The van der Waals surface area contributed by atoms with E-state index in [0.29, 0.717) is 16.1 Å². The Morgan fingerprint density at radius 1 is 1.12 bits per heavy atom. The number of hydrogen-bond donors (Lipinski definition) is 1. The van der Waals surface area contributed by atoms with Crippen molar-refractivity contribution < 1.29 is 19.4 Å². The summed E-state index contributed by atoms with van der Waals surface area (Å²) in [5, 5.41) is 9.93. The van der Waals surface area contributed by atoms with Crippen LogP contribution in [0.25, 0.3) is 11.1 Å². The number of pyridine rings is 1. The minimum atomic E-state index is -1.39. The number of carbonyl (C=O) groups is 2. The van der Waals surface area contributed by atoms with Crippen LogP contribution in [0.2, 0.25) is 10.0 Å². The minimum Gasteiger partial charge on any atom is -0.477 e. The number of nitrogens with zero attached hydrogens (tertiary/aromatic N) is 1. The molecule has 8 heteroatoms. The maximum atomic E-state index is 12.3. The molecule has 2 aromatic rings. The highest BCUT2D eigenvalue weighted by atomic mass is 35.5. The number of aromatic carboxylic acids is 1. The topological polar surface area (TPSA) is 85.6 Å². The zero-order chi connectivity index (χ0) is 19.6. The smallest absolute Gasteiger partial charge is 0.341 e. The van der Waals surface area contributed by atoms with Crippen molar-refractivity contribution in [2.45, 2.75) is 32.9 Å². The van der Waals surface area contributed by atoms with Gasteiger partial charge in [0, 0.05) is 6.20 Å². The number of carboxylic acids is 1. The minimum absolute atomic E-state index is 0.283. The molecular formula is C18H17Cl2NO5. The number of carbonyl (C=O) groups excluding carboxylic acids is 1. The van der Waals surface area contributed by atoms with E-state index >= 15 is 0 Å². The van der Waals surface area contributed by atoms with Crippen LogP contribution in [-0.2, 0) is 16.1 Å². The molecule has 0 saturated heterocycles. The molecule has 0 unspecified atom stereocenters. The van der Waals surface area contributed by atoms with Gasteiger partial charge in [0.15, 0.2) is 0 Å². The maximum Gasteiger partial charge on any atom is 0.341 e. The summed E-state index contributed by atoms with van der Waals surface area (Å²) in [6, 6.07) is 5.98. The standard InChI is InChI=1S/C18H17Cl2NO5/c1-18(2,3)26-15(22)9-21-8-11(6-12(16(21)23)17(24)25)10-4-5-13(19)14(20)7-10/h4-8H,9H2,1-3H3,(H,24,25). The summed E-state index contributed by atoms with van der Waals surface area (Å²) in [6.07, 6.45) is 1.39. The number of esters is 1. The van der Waals surface area contributed by atoms with Crippen LogP contribution in [0.5, 0.6) is 0 Å². The number of ether oxygens (including phenoxy) is 1. The quantitative estimate of drug-likeness (QED) is 0.791. The van der Waals surface area contributed by atoms with Gasteiger partial charge < -0.3 is 14.4 Å². The summed E-state index contributed by atoms with van der Waals surface area (Å²) < 4.78 is 6.20. The van der Waals surface area contributed by atoms with E-state index in [4.69, 9.17) is 27.9 Å². The Morgan fingerprint density at radius 3 is 2.31 bits per heavy atom. The Morgan fingerprint density at radius 2 is 1.77 bits per heavy atom. The lowest BCUT2D eigenvalue weighted by Gasteiger charge is -2.20. The molecule has 0 saturated carbocycles. The molecule has 0 bridgehead atoms. The Balaban J connectivity index is 2.52. The fraction of sp³-hybridized carbons (Fsp3) is 0.278. The van der Waals surface area contributed by atoms with E-state index in [2.05, 4.69) is 0 Å². The summed E-state index contributed by atoms with van der Waals surface area (Å²) in [7, 11) is 0. The summed E-state index contributed by atoms with van der Waals surface area (Å²) in [5.74, 6) is -2.04. The molecule has 1 heterocycles. The van der Waals surface area contributed by atoms with Crippen molar-refractivity contribution in [1.82, 2.24) is 4.57 Å². The maximum absolute atomic E-state index is 12.3. The SMILES string of the molecule is CC(C)(C)OC(=O)Cn1cc(-c2ccc(Cl)c(Cl)c2)cc(C(=O)O)c1=O. The average Bonchev–Trinajstić information content (AvgIpc) is 2.50. The highest BCUT2D eigenvalue weighted by Gasteiger charge is 2.20. The van der Waals surface area contributed by atoms with Gasteiger partial charge in [-0.1, -0.05) is 29.3 Å². The summed E-state index contributed by atoms with van der Waals surface area (Å²) >= 11 is 11.9. The van der Waals surface area contributed by atoms with Crippen LogP contribution in [0, 0.1) is 0 Å². The zero-order valence-electron chi connectivity index (χ0n) is 14.4. The monoisotopic (exact) mass is 397 g/mol. The van der Waals surface area contributed by atoms with Crippen LogP contribution in [0.3, 0.4) is 0 Å². The molecule has 2 rings (SSSR count). The molecule has 138 valence electrons. The lowest BCUT2D eigenvalue weighted by atomic mass is 10.1. The summed E-state index contributed by atoms with van der Waals surface area (Å²) in [4.78, 5) is 35.8. The third-order valence-corrected chi connectivity index (χ3v) is 4.03. The van der Waals surface area contributed by atoms with Gasteiger partial charge >= 0.3 is 11.9 Å². The Labute approximate surface area is 159 Å². The predicted molar refractivity (Wildman–Crippen MR) is 99.0 cm³/mol. The van der Waals surface area contributed by atoms with Crippen LogP contribution in [-0.4, -0.2) is 27.2 Å². The van der Waals surface area contributed by atoms with Crippen molar-refractivity contribution in [3.8, 4) is 11.1 Å². The van der Waals surface area contributed by atoms with Gasteiger partial charge in [0.2, 0.25) is 0 Å². The molecule has 0 aliphatic carbocycles. The van der Waals surface area contributed by atoms with Crippen LogP contribution in [0.15, 0.2) is 35.3 Å². The number of rotatable bonds is 4. The normalized spacial score (nSPS) is 11.3. The van der Waals surface area contributed by atoms with Crippen LogP contribution < -0.4 is 5.56 Å². The Hall–Kier alpha value is -2.31. The largest absolute Gasteiger partial charge is 0.477 e.